The Labute approximate surface area is 117 Å². The van der Waals surface area contributed by atoms with Crippen molar-refractivity contribution in [2.45, 2.75) is 6.54 Å². The van der Waals surface area contributed by atoms with Crippen molar-refractivity contribution in [3.8, 4) is 12.3 Å². The number of amides is 1. The molecule has 0 saturated carbocycles. The maximum absolute atomic E-state index is 11.7. The van der Waals surface area contributed by atoms with Crippen LogP contribution in [0.25, 0.3) is 0 Å². The molecule has 96 valence electrons. The van der Waals surface area contributed by atoms with E-state index >= 15 is 0 Å². The van der Waals surface area contributed by atoms with E-state index in [-0.39, 0.29) is 12.5 Å². The fraction of sp³-hybridized carbons (Fsp3) is 0.308. The van der Waals surface area contributed by atoms with Crippen molar-refractivity contribution in [3.05, 3.63) is 33.8 Å². The zero-order chi connectivity index (χ0) is 13.5. The van der Waals surface area contributed by atoms with Crippen LogP contribution in [0.2, 0.25) is 10.0 Å². The molecule has 0 atom stereocenters. The second-order valence-electron chi connectivity index (χ2n) is 3.81. The summed E-state index contributed by atoms with van der Waals surface area (Å²) in [6, 6.07) is 5.31. The van der Waals surface area contributed by atoms with Crippen molar-refractivity contribution in [3.63, 3.8) is 0 Å². The number of hydrogen-bond donors (Lipinski definition) is 1. The van der Waals surface area contributed by atoms with Crippen LogP contribution in [0.4, 0.5) is 0 Å². The van der Waals surface area contributed by atoms with Gasteiger partial charge in [0.05, 0.1) is 23.1 Å². The molecule has 1 N–H and O–H groups in total. The second kappa shape index (κ2) is 7.27. The SMILES string of the molecule is C#CCNCC(=O)N(C)Cc1ccc(Cl)c(Cl)c1. The molecule has 0 aliphatic rings. The lowest BCUT2D eigenvalue weighted by atomic mass is 10.2. The van der Waals surface area contributed by atoms with Crippen LogP contribution in [-0.2, 0) is 11.3 Å². The largest absolute Gasteiger partial charge is 0.340 e. The lowest BCUT2D eigenvalue weighted by Gasteiger charge is -2.17. The van der Waals surface area contributed by atoms with Gasteiger partial charge in [-0.05, 0) is 17.7 Å². The Bertz CT molecular complexity index is 469. The molecule has 0 aromatic heterocycles. The molecule has 0 bridgehead atoms. The molecule has 1 aromatic rings. The van der Waals surface area contributed by atoms with Gasteiger partial charge >= 0.3 is 0 Å². The van der Waals surface area contributed by atoms with Gasteiger partial charge in [-0.1, -0.05) is 35.2 Å². The second-order valence-corrected chi connectivity index (χ2v) is 4.62. The fourth-order valence-electron chi connectivity index (χ4n) is 1.38. The average molecular weight is 285 g/mol. The van der Waals surface area contributed by atoms with E-state index < -0.39 is 0 Å². The standard InChI is InChI=1S/C13H14Cl2N2O/c1-3-6-16-8-13(18)17(2)9-10-4-5-11(14)12(15)7-10/h1,4-5,7,16H,6,8-9H2,2H3. The molecule has 1 amide bonds. The number of nitrogens with zero attached hydrogens (tertiary/aromatic N) is 1. The summed E-state index contributed by atoms with van der Waals surface area (Å²) >= 11 is 11.7. The van der Waals surface area contributed by atoms with Crippen LogP contribution in [0.5, 0.6) is 0 Å². The third-order valence-electron chi connectivity index (χ3n) is 2.33. The Balaban J connectivity index is 2.53. The van der Waals surface area contributed by atoms with Gasteiger partial charge in [-0.15, -0.1) is 6.42 Å². The number of likely N-dealkylation sites (N-methyl/N-ethyl adjacent to an activating group) is 1. The molecule has 18 heavy (non-hydrogen) atoms. The van der Waals surface area contributed by atoms with Gasteiger partial charge in [0.2, 0.25) is 5.91 Å². The van der Waals surface area contributed by atoms with Gasteiger partial charge in [-0.2, -0.15) is 0 Å². The zero-order valence-corrected chi connectivity index (χ0v) is 11.6. The number of terminal acetylenes is 1. The Kier molecular flexibility index (Phi) is 6.00. The molecular formula is C13H14Cl2N2O. The summed E-state index contributed by atoms with van der Waals surface area (Å²) in [5.41, 5.74) is 0.928. The van der Waals surface area contributed by atoms with Crippen molar-refractivity contribution in [2.75, 3.05) is 20.1 Å². The summed E-state index contributed by atoms with van der Waals surface area (Å²) in [6.07, 6.45) is 5.08. The molecule has 1 rings (SSSR count). The zero-order valence-electron chi connectivity index (χ0n) is 10.0. The molecule has 1 aromatic carbocycles. The summed E-state index contributed by atoms with van der Waals surface area (Å²) in [5.74, 6) is 2.38. The van der Waals surface area contributed by atoms with Crippen molar-refractivity contribution in [2.24, 2.45) is 0 Å². The number of halogens is 2. The van der Waals surface area contributed by atoms with E-state index in [4.69, 9.17) is 29.6 Å². The maximum Gasteiger partial charge on any atom is 0.236 e. The normalized spacial score (nSPS) is 9.89. The van der Waals surface area contributed by atoms with Crippen LogP contribution in [0.3, 0.4) is 0 Å². The van der Waals surface area contributed by atoms with Gasteiger partial charge in [0.25, 0.3) is 0 Å². The Morgan fingerprint density at radius 3 is 2.78 bits per heavy atom. The Morgan fingerprint density at radius 2 is 2.17 bits per heavy atom. The van der Waals surface area contributed by atoms with E-state index in [0.717, 1.165) is 5.56 Å². The van der Waals surface area contributed by atoms with E-state index in [1.807, 2.05) is 6.07 Å². The predicted octanol–water partition coefficient (Wildman–Crippen LogP) is 2.17. The summed E-state index contributed by atoms with van der Waals surface area (Å²) in [5, 5.41) is 3.84. The third kappa shape index (κ3) is 4.58. The molecule has 0 spiro atoms. The lowest BCUT2D eigenvalue weighted by Crippen LogP contribution is -2.35. The maximum atomic E-state index is 11.7. The monoisotopic (exact) mass is 284 g/mol. The molecule has 0 aliphatic heterocycles. The van der Waals surface area contributed by atoms with Crippen LogP contribution in [-0.4, -0.2) is 30.9 Å². The molecule has 3 nitrogen and oxygen atoms in total. The lowest BCUT2D eigenvalue weighted by molar-refractivity contribution is -0.129. The predicted molar refractivity (Wildman–Crippen MR) is 74.6 cm³/mol. The van der Waals surface area contributed by atoms with Crippen LogP contribution >= 0.6 is 23.2 Å². The van der Waals surface area contributed by atoms with Gasteiger partial charge in [0.1, 0.15) is 0 Å². The van der Waals surface area contributed by atoms with Crippen molar-refractivity contribution in [1.29, 1.82) is 0 Å². The van der Waals surface area contributed by atoms with Gasteiger partial charge in [-0.25, -0.2) is 0 Å². The highest BCUT2D eigenvalue weighted by atomic mass is 35.5. The van der Waals surface area contributed by atoms with Crippen LogP contribution in [0.1, 0.15) is 5.56 Å². The third-order valence-corrected chi connectivity index (χ3v) is 3.07. The number of rotatable bonds is 5. The summed E-state index contributed by atoms with van der Waals surface area (Å²) in [7, 11) is 1.72. The van der Waals surface area contributed by atoms with Crippen LogP contribution in [0, 0.1) is 12.3 Å². The van der Waals surface area contributed by atoms with Crippen molar-refractivity contribution in [1.82, 2.24) is 10.2 Å². The highest BCUT2D eigenvalue weighted by molar-refractivity contribution is 6.42. The summed E-state index contributed by atoms with van der Waals surface area (Å²) < 4.78 is 0. The smallest absolute Gasteiger partial charge is 0.236 e. The van der Waals surface area contributed by atoms with E-state index in [0.29, 0.717) is 23.1 Å². The van der Waals surface area contributed by atoms with Gasteiger partial charge < -0.3 is 4.90 Å². The number of carbonyl (C=O) groups excluding carboxylic acids is 1. The molecule has 0 heterocycles. The number of hydrogen-bond acceptors (Lipinski definition) is 2. The van der Waals surface area contributed by atoms with Gasteiger partial charge in [-0.3, -0.25) is 10.1 Å². The van der Waals surface area contributed by atoms with Crippen LogP contribution in [0.15, 0.2) is 18.2 Å². The molecular weight excluding hydrogens is 271 g/mol. The Hall–Kier alpha value is -1.21. The highest BCUT2D eigenvalue weighted by Crippen LogP contribution is 2.23. The first-order valence-electron chi connectivity index (χ1n) is 5.36. The molecule has 0 aliphatic carbocycles. The highest BCUT2D eigenvalue weighted by Gasteiger charge is 2.09. The molecule has 0 fully saturated rings. The summed E-state index contributed by atoms with van der Waals surface area (Å²) in [4.78, 5) is 13.3. The van der Waals surface area contributed by atoms with Gasteiger partial charge in [0.15, 0.2) is 0 Å². The minimum atomic E-state index is -0.0312. The van der Waals surface area contributed by atoms with Crippen molar-refractivity contribution >= 4 is 29.1 Å². The topological polar surface area (TPSA) is 32.3 Å². The average Bonchev–Trinajstić information content (AvgIpc) is 2.34. The van der Waals surface area contributed by atoms with E-state index in [1.165, 1.54) is 0 Å². The van der Waals surface area contributed by atoms with E-state index in [1.54, 1.807) is 24.1 Å². The molecule has 5 heteroatoms. The number of carbonyl (C=O) groups is 1. The minimum Gasteiger partial charge on any atom is -0.340 e. The fourth-order valence-corrected chi connectivity index (χ4v) is 1.70. The summed E-state index contributed by atoms with van der Waals surface area (Å²) in [6.45, 7) is 1.09. The first-order valence-corrected chi connectivity index (χ1v) is 6.12. The van der Waals surface area contributed by atoms with Gasteiger partial charge in [0, 0.05) is 13.6 Å². The molecule has 0 unspecified atom stereocenters. The van der Waals surface area contributed by atoms with Crippen LogP contribution < -0.4 is 5.32 Å². The number of nitrogens with one attached hydrogen (secondary N) is 1. The molecule has 0 saturated heterocycles. The quantitative estimate of drug-likeness (QED) is 0.664. The van der Waals surface area contributed by atoms with E-state index in [9.17, 15) is 4.79 Å². The number of benzene rings is 1. The van der Waals surface area contributed by atoms with E-state index in [2.05, 4.69) is 11.2 Å². The minimum absolute atomic E-state index is 0.0312. The Morgan fingerprint density at radius 1 is 1.44 bits per heavy atom. The first kappa shape index (κ1) is 14.8. The molecule has 0 radical (unpaired) electrons. The van der Waals surface area contributed by atoms with Crippen molar-refractivity contribution < 1.29 is 4.79 Å². The first-order chi connectivity index (χ1) is 8.54.